The number of rotatable bonds is 6. The smallest absolute Gasteiger partial charge is 0.334 e. The molecule has 0 saturated heterocycles. The second kappa shape index (κ2) is 6.38. The number of ether oxygens (including phenoxy) is 2. The number of methoxy groups -OCH3 is 1. The van der Waals surface area contributed by atoms with Gasteiger partial charge >= 0.3 is 5.97 Å². The predicted octanol–water partition coefficient (Wildman–Crippen LogP) is 2.85. The van der Waals surface area contributed by atoms with Gasteiger partial charge in [-0.1, -0.05) is 20.8 Å². The maximum absolute atomic E-state index is 11.3. The molecule has 1 heterocycles. The maximum atomic E-state index is 11.3. The molecule has 0 radical (unpaired) electrons. The molecule has 18 heavy (non-hydrogen) atoms. The molecule has 0 aliphatic carbocycles. The Bertz CT molecular complexity index is 315. The predicted molar refractivity (Wildman–Crippen MR) is 72.7 cm³/mol. The number of carbonyl (C=O) groups is 1. The van der Waals surface area contributed by atoms with Crippen molar-refractivity contribution in [2.75, 3.05) is 7.11 Å². The van der Waals surface area contributed by atoms with Gasteiger partial charge in [0.15, 0.2) is 8.32 Å². The van der Waals surface area contributed by atoms with Gasteiger partial charge in [0.25, 0.3) is 0 Å². The molecule has 0 fully saturated rings. The zero-order valence-corrected chi connectivity index (χ0v) is 13.0. The van der Waals surface area contributed by atoms with Crippen LogP contribution in [0.5, 0.6) is 0 Å². The molecule has 0 unspecified atom stereocenters. The van der Waals surface area contributed by atoms with Crippen molar-refractivity contribution in [3.63, 3.8) is 0 Å². The summed E-state index contributed by atoms with van der Waals surface area (Å²) in [4.78, 5) is 11.3. The van der Waals surface area contributed by atoms with Crippen LogP contribution in [0.4, 0.5) is 0 Å². The third kappa shape index (κ3) is 3.14. The molecule has 1 rings (SSSR count). The zero-order valence-electron chi connectivity index (χ0n) is 12.0. The van der Waals surface area contributed by atoms with Crippen LogP contribution in [0.1, 0.15) is 27.7 Å². The Hall–Kier alpha value is -0.813. The van der Waals surface area contributed by atoms with Crippen molar-refractivity contribution < 1.29 is 18.7 Å². The largest absolute Gasteiger partial charge is 0.498 e. The minimum Gasteiger partial charge on any atom is -0.498 e. The molecule has 1 aliphatic rings. The first-order valence-electron chi connectivity index (χ1n) is 6.65. The van der Waals surface area contributed by atoms with Crippen molar-refractivity contribution in [3.8, 4) is 0 Å². The highest BCUT2D eigenvalue weighted by molar-refractivity contribution is 6.73. The Balaban J connectivity index is 2.92. The Morgan fingerprint density at radius 1 is 1.28 bits per heavy atom. The molecular weight excluding hydrogens is 248 g/mol. The molecule has 0 aromatic heterocycles. The second-order valence-electron chi connectivity index (χ2n) is 4.67. The van der Waals surface area contributed by atoms with Crippen LogP contribution in [-0.2, 0) is 18.7 Å². The summed E-state index contributed by atoms with van der Waals surface area (Å²) in [5, 5.41) is 0. The average molecular weight is 272 g/mol. The van der Waals surface area contributed by atoms with E-state index in [9.17, 15) is 4.79 Å². The van der Waals surface area contributed by atoms with Crippen molar-refractivity contribution in [1.29, 1.82) is 0 Å². The maximum Gasteiger partial charge on any atom is 0.334 e. The number of hydrogen-bond donors (Lipinski definition) is 0. The quantitative estimate of drug-likeness (QED) is 0.551. The molecule has 104 valence electrons. The molecule has 4 nitrogen and oxygen atoms in total. The number of hydrogen-bond acceptors (Lipinski definition) is 4. The van der Waals surface area contributed by atoms with E-state index in [1.807, 2.05) is 6.92 Å². The first-order chi connectivity index (χ1) is 8.51. The van der Waals surface area contributed by atoms with Crippen LogP contribution in [-0.4, -0.2) is 33.6 Å². The van der Waals surface area contributed by atoms with E-state index < -0.39 is 8.32 Å². The van der Waals surface area contributed by atoms with Gasteiger partial charge in [-0.25, -0.2) is 4.79 Å². The molecule has 0 N–H and O–H groups in total. The van der Waals surface area contributed by atoms with Crippen LogP contribution in [0.2, 0.25) is 18.1 Å². The molecule has 1 aliphatic heterocycles. The Kier molecular flexibility index (Phi) is 5.41. The van der Waals surface area contributed by atoms with E-state index in [1.165, 1.54) is 6.08 Å². The van der Waals surface area contributed by atoms with E-state index in [0.717, 1.165) is 18.1 Å². The van der Waals surface area contributed by atoms with Gasteiger partial charge in [-0.3, -0.25) is 0 Å². The van der Waals surface area contributed by atoms with Gasteiger partial charge in [0.2, 0.25) is 0 Å². The Morgan fingerprint density at radius 3 is 2.28 bits per heavy atom. The lowest BCUT2D eigenvalue weighted by atomic mass is 10.1. The van der Waals surface area contributed by atoms with E-state index >= 15 is 0 Å². The summed E-state index contributed by atoms with van der Waals surface area (Å²) in [6, 6.07) is 3.19. The molecule has 5 heteroatoms. The Morgan fingerprint density at radius 2 is 1.83 bits per heavy atom. The summed E-state index contributed by atoms with van der Waals surface area (Å²) in [5.74, 6) is 0.238. The normalized spacial score (nSPS) is 24.5. The lowest BCUT2D eigenvalue weighted by Crippen LogP contribution is -2.47. The van der Waals surface area contributed by atoms with Gasteiger partial charge in [-0.2, -0.15) is 0 Å². The third-order valence-electron chi connectivity index (χ3n) is 3.81. The van der Waals surface area contributed by atoms with Gasteiger partial charge in [-0.05, 0) is 25.1 Å². The minimum absolute atomic E-state index is 0.251. The van der Waals surface area contributed by atoms with Crippen LogP contribution in [0.25, 0.3) is 0 Å². The summed E-state index contributed by atoms with van der Waals surface area (Å²) >= 11 is 0. The molecule has 0 aromatic rings. The number of cyclic esters (lactones) is 1. The van der Waals surface area contributed by atoms with Gasteiger partial charge in [0.05, 0.1) is 13.2 Å². The van der Waals surface area contributed by atoms with E-state index in [1.54, 1.807) is 7.11 Å². The van der Waals surface area contributed by atoms with Crippen LogP contribution >= 0.6 is 0 Å². The summed E-state index contributed by atoms with van der Waals surface area (Å²) in [6.07, 6.45) is 0.860. The van der Waals surface area contributed by atoms with Crippen LogP contribution in [0.3, 0.4) is 0 Å². The van der Waals surface area contributed by atoms with Crippen molar-refractivity contribution in [2.24, 2.45) is 0 Å². The van der Waals surface area contributed by atoms with Crippen molar-refractivity contribution in [3.05, 3.63) is 11.8 Å². The highest BCUT2D eigenvalue weighted by atomic mass is 28.4. The molecule has 0 spiro atoms. The number of esters is 1. The molecule has 0 aromatic carbocycles. The molecular formula is C13H24O4Si. The first kappa shape index (κ1) is 15.2. The van der Waals surface area contributed by atoms with E-state index in [2.05, 4.69) is 20.8 Å². The fraction of sp³-hybridized carbons (Fsp3) is 0.769. The number of carbonyl (C=O) groups excluding carboxylic acids is 1. The van der Waals surface area contributed by atoms with Crippen molar-refractivity contribution >= 4 is 14.3 Å². The second-order valence-corrected chi connectivity index (χ2v) is 9.40. The topological polar surface area (TPSA) is 44.8 Å². The van der Waals surface area contributed by atoms with Crippen molar-refractivity contribution in [1.82, 2.24) is 0 Å². The molecule has 0 saturated carbocycles. The first-order valence-corrected chi connectivity index (χ1v) is 9.18. The van der Waals surface area contributed by atoms with Gasteiger partial charge < -0.3 is 13.9 Å². The van der Waals surface area contributed by atoms with Gasteiger partial charge in [0.1, 0.15) is 18.0 Å². The Labute approximate surface area is 110 Å². The summed E-state index contributed by atoms with van der Waals surface area (Å²) in [7, 11) is -0.169. The summed E-state index contributed by atoms with van der Waals surface area (Å²) in [6.45, 7) is 8.38. The fourth-order valence-corrected chi connectivity index (χ4v) is 5.15. The van der Waals surface area contributed by atoms with Crippen LogP contribution in [0, 0.1) is 0 Å². The molecule has 0 amide bonds. The lowest BCUT2D eigenvalue weighted by Gasteiger charge is -2.37. The minimum atomic E-state index is -1.74. The standard InChI is InChI=1S/C13H24O4Si/c1-6-18(7-2,8-3)17-13-10(4)16-12(14)9-11(13)15-5/h9-10,13H,6-8H2,1-5H3/t10-,13-/m0/s1. The van der Waals surface area contributed by atoms with Gasteiger partial charge in [-0.15, -0.1) is 0 Å². The highest BCUT2D eigenvalue weighted by Crippen LogP contribution is 2.29. The van der Waals surface area contributed by atoms with Crippen LogP contribution < -0.4 is 0 Å². The summed E-state index contributed by atoms with van der Waals surface area (Å²) in [5.41, 5.74) is 0. The zero-order chi connectivity index (χ0) is 13.8. The summed E-state index contributed by atoms with van der Waals surface area (Å²) < 4.78 is 16.9. The van der Waals surface area contributed by atoms with E-state index in [0.29, 0.717) is 5.76 Å². The SMILES string of the molecule is CC[Si](CC)(CC)O[C@@H]1C(OC)=CC(=O)O[C@H]1C. The van der Waals surface area contributed by atoms with Gasteiger partial charge in [0, 0.05) is 0 Å². The molecule has 2 atom stereocenters. The monoisotopic (exact) mass is 272 g/mol. The lowest BCUT2D eigenvalue weighted by molar-refractivity contribution is -0.150. The van der Waals surface area contributed by atoms with E-state index in [4.69, 9.17) is 13.9 Å². The van der Waals surface area contributed by atoms with Crippen LogP contribution in [0.15, 0.2) is 11.8 Å². The third-order valence-corrected chi connectivity index (χ3v) is 8.43. The van der Waals surface area contributed by atoms with E-state index in [-0.39, 0.29) is 18.2 Å². The fourth-order valence-electron chi connectivity index (χ4n) is 2.31. The average Bonchev–Trinajstić information content (AvgIpc) is 2.38. The molecule has 0 bridgehead atoms. The highest BCUT2D eigenvalue weighted by Gasteiger charge is 2.39. The van der Waals surface area contributed by atoms with Crippen molar-refractivity contribution in [2.45, 2.75) is 58.0 Å².